The molecule has 0 aromatic rings. The van der Waals surface area contributed by atoms with Crippen molar-refractivity contribution in [3.05, 3.63) is 11.6 Å². The lowest BCUT2D eigenvalue weighted by atomic mass is 9.65. The Morgan fingerprint density at radius 3 is 2.07 bits per heavy atom. The van der Waals surface area contributed by atoms with Gasteiger partial charge < -0.3 is 19.0 Å². The monoisotopic (exact) mass is 400 g/mol. The van der Waals surface area contributed by atoms with Gasteiger partial charge in [0.1, 0.15) is 6.79 Å². The van der Waals surface area contributed by atoms with Gasteiger partial charge in [0.25, 0.3) is 0 Å². The van der Waals surface area contributed by atoms with Gasteiger partial charge in [-0.3, -0.25) is 0 Å². The van der Waals surface area contributed by atoms with E-state index >= 15 is 0 Å². The zero-order valence-electron chi connectivity index (χ0n) is 19.3. The molecule has 27 heavy (non-hydrogen) atoms. The number of hydrogen-bond acceptors (Lipinski definition) is 4. The van der Waals surface area contributed by atoms with Gasteiger partial charge in [-0.2, -0.15) is 0 Å². The van der Waals surface area contributed by atoms with Gasteiger partial charge in [-0.05, 0) is 55.1 Å². The number of hydrogen-bond donors (Lipinski definition) is 1. The highest BCUT2D eigenvalue weighted by Gasteiger charge is 2.49. The summed E-state index contributed by atoms with van der Waals surface area (Å²) in [6.07, 6.45) is 3.43. The first-order chi connectivity index (χ1) is 12.4. The molecular weight excluding hydrogens is 356 g/mol. The molecule has 0 aromatic carbocycles. The van der Waals surface area contributed by atoms with Crippen molar-refractivity contribution in [2.75, 3.05) is 20.5 Å². The molecule has 1 fully saturated rings. The molecule has 0 heterocycles. The van der Waals surface area contributed by atoms with Crippen LogP contribution in [0.15, 0.2) is 11.6 Å². The van der Waals surface area contributed by atoms with Crippen LogP contribution in [0.1, 0.15) is 54.9 Å². The van der Waals surface area contributed by atoms with Gasteiger partial charge in [0, 0.05) is 7.11 Å². The zero-order chi connectivity index (χ0) is 21.0. The molecule has 4 nitrogen and oxygen atoms in total. The fraction of sp³-hybridized carbons (Fsp3) is 0.909. The van der Waals surface area contributed by atoms with E-state index in [0.29, 0.717) is 30.5 Å². The Morgan fingerprint density at radius 2 is 1.59 bits per heavy atom. The zero-order valence-corrected chi connectivity index (χ0v) is 20.3. The van der Waals surface area contributed by atoms with Crippen LogP contribution >= 0.6 is 0 Å². The molecule has 0 amide bonds. The average Bonchev–Trinajstić information content (AvgIpc) is 2.58. The summed E-state index contributed by atoms with van der Waals surface area (Å²) in [6.45, 7) is 20.9. The van der Waals surface area contributed by atoms with E-state index in [2.05, 4.69) is 60.7 Å². The highest BCUT2D eigenvalue weighted by Crippen LogP contribution is 2.46. The summed E-state index contributed by atoms with van der Waals surface area (Å²) in [4.78, 5) is 0. The number of ether oxygens (including phenoxy) is 2. The Hall–Kier alpha value is -0.203. The Morgan fingerprint density at radius 1 is 1.04 bits per heavy atom. The first-order valence-corrected chi connectivity index (χ1v) is 13.3. The van der Waals surface area contributed by atoms with E-state index in [0.717, 1.165) is 12.0 Å². The van der Waals surface area contributed by atoms with Gasteiger partial charge in [0.15, 0.2) is 8.32 Å². The Kier molecular flexibility index (Phi) is 9.21. The topological polar surface area (TPSA) is 47.9 Å². The summed E-state index contributed by atoms with van der Waals surface area (Å²) >= 11 is 0. The summed E-state index contributed by atoms with van der Waals surface area (Å²) in [7, 11) is -0.180. The van der Waals surface area contributed by atoms with Crippen molar-refractivity contribution in [1.82, 2.24) is 0 Å². The van der Waals surface area contributed by atoms with Gasteiger partial charge in [0.2, 0.25) is 0 Å². The van der Waals surface area contributed by atoms with Gasteiger partial charge in [-0.25, -0.2) is 0 Å². The lowest BCUT2D eigenvalue weighted by molar-refractivity contribution is -0.165. The van der Waals surface area contributed by atoms with E-state index in [9.17, 15) is 5.11 Å². The van der Waals surface area contributed by atoms with E-state index in [1.54, 1.807) is 7.11 Å². The minimum absolute atomic E-state index is 0.112. The molecule has 1 N–H and O–H groups in total. The third-order valence-corrected chi connectivity index (χ3v) is 11.6. The standard InChI is InChI=1S/C22H44O4Si/c1-15(13-23)11-12-19-18(4)20(26-27(9,10)22(5,6)7)16(2)17(3)21(19)25-14-24-8/h11,16-21,23H,12-14H2,1-10H3/b15-11+/t16-,17+,18+,19+,20+,21-/m0/s1. The van der Waals surface area contributed by atoms with Crippen LogP contribution in [0, 0.1) is 23.7 Å². The summed E-state index contributed by atoms with van der Waals surface area (Å²) in [6, 6.07) is 0. The number of aliphatic hydroxyl groups excluding tert-OH is 1. The second kappa shape index (κ2) is 10.0. The molecule has 0 spiro atoms. The van der Waals surface area contributed by atoms with Crippen LogP contribution in [-0.4, -0.2) is 46.1 Å². The summed E-state index contributed by atoms with van der Waals surface area (Å²) in [5.41, 5.74) is 1.01. The largest absolute Gasteiger partial charge is 0.413 e. The molecule has 0 unspecified atom stereocenters. The smallest absolute Gasteiger partial charge is 0.192 e. The summed E-state index contributed by atoms with van der Waals surface area (Å²) in [5.74, 6) is 1.55. The molecular formula is C22H44O4Si. The van der Waals surface area contributed by atoms with Gasteiger partial charge in [-0.1, -0.05) is 53.2 Å². The maximum atomic E-state index is 9.39. The van der Waals surface area contributed by atoms with E-state index in [1.165, 1.54) is 0 Å². The maximum Gasteiger partial charge on any atom is 0.192 e. The van der Waals surface area contributed by atoms with Crippen LogP contribution in [0.4, 0.5) is 0 Å². The second-order valence-corrected chi connectivity index (χ2v) is 14.8. The lowest BCUT2D eigenvalue weighted by Crippen LogP contribution is -2.56. The third kappa shape index (κ3) is 6.14. The Balaban J connectivity index is 3.14. The van der Waals surface area contributed by atoms with Gasteiger partial charge in [0.05, 0.1) is 18.8 Å². The molecule has 1 aliphatic rings. The first-order valence-electron chi connectivity index (χ1n) is 10.4. The SMILES string of the molecule is COCO[C@H]1[C@H](C)[C@H](C)[C@@H](O[Si](C)(C)C(C)(C)C)[C@H](C)[C@H]1C/C=C(\C)CO. The number of aliphatic hydroxyl groups is 1. The number of allylic oxidation sites excluding steroid dienone is 1. The Bertz CT molecular complexity index is 483. The minimum Gasteiger partial charge on any atom is -0.413 e. The van der Waals surface area contributed by atoms with Crippen molar-refractivity contribution < 1.29 is 19.0 Å². The molecule has 0 bridgehead atoms. The minimum atomic E-state index is -1.86. The van der Waals surface area contributed by atoms with E-state index in [1.807, 2.05) is 6.92 Å². The van der Waals surface area contributed by atoms with Crippen LogP contribution in [-0.2, 0) is 13.9 Å². The van der Waals surface area contributed by atoms with Crippen LogP contribution in [0.2, 0.25) is 18.1 Å². The van der Waals surface area contributed by atoms with Crippen molar-refractivity contribution in [2.45, 2.75) is 85.2 Å². The summed E-state index contributed by atoms with van der Waals surface area (Å²) in [5, 5.41) is 9.58. The van der Waals surface area contributed by atoms with Crippen LogP contribution in [0.25, 0.3) is 0 Å². The van der Waals surface area contributed by atoms with Gasteiger partial charge >= 0.3 is 0 Å². The van der Waals surface area contributed by atoms with Crippen LogP contribution < -0.4 is 0 Å². The molecule has 0 saturated heterocycles. The third-order valence-electron chi connectivity index (χ3n) is 7.08. The molecule has 1 aliphatic carbocycles. The van der Waals surface area contributed by atoms with E-state index < -0.39 is 8.32 Å². The predicted octanol–water partition coefficient (Wildman–Crippen LogP) is 5.23. The van der Waals surface area contributed by atoms with E-state index in [-0.39, 0.29) is 23.9 Å². The molecule has 160 valence electrons. The molecule has 1 saturated carbocycles. The highest BCUT2D eigenvalue weighted by atomic mass is 28.4. The van der Waals surface area contributed by atoms with Crippen LogP contribution in [0.3, 0.4) is 0 Å². The van der Waals surface area contributed by atoms with Crippen molar-refractivity contribution in [2.24, 2.45) is 23.7 Å². The molecule has 0 aromatic heterocycles. The predicted molar refractivity (Wildman–Crippen MR) is 115 cm³/mol. The highest BCUT2D eigenvalue weighted by molar-refractivity contribution is 6.74. The Labute approximate surface area is 168 Å². The first kappa shape index (κ1) is 24.8. The van der Waals surface area contributed by atoms with E-state index in [4.69, 9.17) is 13.9 Å². The van der Waals surface area contributed by atoms with Crippen LogP contribution in [0.5, 0.6) is 0 Å². The van der Waals surface area contributed by atoms with Crippen molar-refractivity contribution in [3.63, 3.8) is 0 Å². The molecule has 0 radical (unpaired) electrons. The van der Waals surface area contributed by atoms with Crippen molar-refractivity contribution >= 4 is 8.32 Å². The number of methoxy groups -OCH3 is 1. The van der Waals surface area contributed by atoms with Crippen molar-refractivity contribution in [1.29, 1.82) is 0 Å². The fourth-order valence-electron chi connectivity index (χ4n) is 3.91. The molecule has 5 heteroatoms. The fourth-order valence-corrected chi connectivity index (χ4v) is 5.38. The average molecular weight is 401 g/mol. The molecule has 1 rings (SSSR count). The number of rotatable bonds is 8. The van der Waals surface area contributed by atoms with Gasteiger partial charge in [-0.15, -0.1) is 0 Å². The summed E-state index contributed by atoms with van der Waals surface area (Å²) < 4.78 is 18.3. The molecule has 6 atom stereocenters. The lowest BCUT2D eigenvalue weighted by Gasteiger charge is -2.52. The normalized spacial score (nSPS) is 33.4. The molecule has 0 aliphatic heterocycles. The second-order valence-electron chi connectivity index (χ2n) is 10.1. The maximum absolute atomic E-state index is 9.39. The van der Waals surface area contributed by atoms with Crippen molar-refractivity contribution in [3.8, 4) is 0 Å². The quantitative estimate of drug-likeness (QED) is 0.344.